The van der Waals surface area contributed by atoms with E-state index in [1.54, 1.807) is 38.3 Å². The molecule has 2 aromatic rings. The van der Waals surface area contributed by atoms with Gasteiger partial charge in [-0.05, 0) is 55.3 Å². The van der Waals surface area contributed by atoms with E-state index < -0.39 is 6.10 Å². The molecule has 0 saturated carbocycles. The van der Waals surface area contributed by atoms with E-state index in [1.165, 1.54) is 0 Å². The Labute approximate surface area is 141 Å². The first-order valence-electron chi connectivity index (χ1n) is 7.41. The lowest BCUT2D eigenvalue weighted by atomic mass is 10.1. The van der Waals surface area contributed by atoms with Crippen LogP contribution in [-0.2, 0) is 11.2 Å². The number of benzene rings is 2. The lowest BCUT2D eigenvalue weighted by Crippen LogP contribution is -2.37. The van der Waals surface area contributed by atoms with Crippen molar-refractivity contribution in [2.75, 3.05) is 13.7 Å². The van der Waals surface area contributed by atoms with Gasteiger partial charge < -0.3 is 14.8 Å². The first-order chi connectivity index (χ1) is 11.1. The molecule has 2 aromatic carbocycles. The number of amides is 1. The fraction of sp³-hybridized carbons (Fsp3) is 0.278. The zero-order valence-electron chi connectivity index (χ0n) is 13.2. The maximum atomic E-state index is 12.0. The highest BCUT2D eigenvalue weighted by Crippen LogP contribution is 2.18. The predicted molar refractivity (Wildman–Crippen MR) is 91.2 cm³/mol. The van der Waals surface area contributed by atoms with Gasteiger partial charge in [0.05, 0.1) is 7.11 Å². The van der Waals surface area contributed by atoms with E-state index in [1.807, 2.05) is 24.3 Å². The lowest BCUT2D eigenvalue weighted by molar-refractivity contribution is -0.127. The summed E-state index contributed by atoms with van der Waals surface area (Å²) in [6, 6.07) is 14.7. The van der Waals surface area contributed by atoms with Crippen molar-refractivity contribution in [3.05, 3.63) is 59.1 Å². The Morgan fingerprint density at radius 3 is 2.30 bits per heavy atom. The fourth-order valence-corrected chi connectivity index (χ4v) is 2.16. The van der Waals surface area contributed by atoms with Gasteiger partial charge in [0.25, 0.3) is 5.91 Å². The Balaban J connectivity index is 1.76. The Bertz CT molecular complexity index is 626. The number of halogens is 1. The highest BCUT2D eigenvalue weighted by atomic mass is 35.5. The molecule has 1 N–H and O–H groups in total. The molecule has 0 unspecified atom stereocenters. The normalized spacial score (nSPS) is 11.6. The molecule has 23 heavy (non-hydrogen) atoms. The molecule has 0 aliphatic heterocycles. The molecule has 122 valence electrons. The molecule has 0 heterocycles. The van der Waals surface area contributed by atoms with Gasteiger partial charge in [0.2, 0.25) is 0 Å². The molecule has 5 heteroatoms. The van der Waals surface area contributed by atoms with Crippen LogP contribution in [0, 0.1) is 0 Å². The summed E-state index contributed by atoms with van der Waals surface area (Å²) in [6.45, 7) is 2.28. The molecule has 0 aromatic heterocycles. The van der Waals surface area contributed by atoms with Gasteiger partial charge in [0.15, 0.2) is 6.10 Å². The largest absolute Gasteiger partial charge is 0.497 e. The number of rotatable bonds is 7. The molecule has 1 amide bonds. The average Bonchev–Trinajstić information content (AvgIpc) is 2.57. The minimum atomic E-state index is -0.561. The summed E-state index contributed by atoms with van der Waals surface area (Å²) in [6.07, 6.45) is 0.187. The number of ether oxygens (including phenoxy) is 2. The standard InChI is InChI=1S/C18H20ClNO3/c1-13(23-17-9-7-16(22-2)8-10-17)18(21)20-12-11-14-3-5-15(19)6-4-14/h3-10,13H,11-12H2,1-2H3,(H,20,21)/t13-/m0/s1. The molecule has 0 fully saturated rings. The summed E-state index contributed by atoms with van der Waals surface area (Å²) in [5.41, 5.74) is 1.12. The number of carbonyl (C=O) groups excluding carboxylic acids is 1. The maximum absolute atomic E-state index is 12.0. The van der Waals surface area contributed by atoms with Gasteiger partial charge in [-0.1, -0.05) is 23.7 Å². The van der Waals surface area contributed by atoms with Gasteiger partial charge in [-0.3, -0.25) is 4.79 Å². The SMILES string of the molecule is COc1ccc(O[C@@H](C)C(=O)NCCc2ccc(Cl)cc2)cc1. The van der Waals surface area contributed by atoms with Crippen LogP contribution in [0.2, 0.25) is 5.02 Å². The van der Waals surface area contributed by atoms with E-state index in [9.17, 15) is 4.79 Å². The van der Waals surface area contributed by atoms with Gasteiger partial charge in [0.1, 0.15) is 11.5 Å². The zero-order chi connectivity index (χ0) is 16.7. The highest BCUT2D eigenvalue weighted by molar-refractivity contribution is 6.30. The molecule has 4 nitrogen and oxygen atoms in total. The second-order valence-corrected chi connectivity index (χ2v) is 5.54. The molecule has 0 spiro atoms. The summed E-state index contributed by atoms with van der Waals surface area (Å²) in [5, 5.41) is 3.57. The van der Waals surface area contributed by atoms with Crippen LogP contribution in [0.25, 0.3) is 0 Å². The van der Waals surface area contributed by atoms with Crippen molar-refractivity contribution in [1.29, 1.82) is 0 Å². The van der Waals surface area contributed by atoms with E-state index in [4.69, 9.17) is 21.1 Å². The van der Waals surface area contributed by atoms with E-state index >= 15 is 0 Å². The Morgan fingerprint density at radius 1 is 1.09 bits per heavy atom. The topological polar surface area (TPSA) is 47.6 Å². The number of hydrogen-bond acceptors (Lipinski definition) is 3. The van der Waals surface area contributed by atoms with Crippen molar-refractivity contribution in [2.24, 2.45) is 0 Å². The third kappa shape index (κ3) is 5.49. The van der Waals surface area contributed by atoms with E-state index in [2.05, 4.69) is 5.32 Å². The summed E-state index contributed by atoms with van der Waals surface area (Å²) in [7, 11) is 1.60. The Hall–Kier alpha value is -2.20. The molecule has 0 aliphatic rings. The second kappa shape index (κ2) is 8.44. The highest BCUT2D eigenvalue weighted by Gasteiger charge is 2.14. The minimum absolute atomic E-state index is 0.144. The fourth-order valence-electron chi connectivity index (χ4n) is 2.04. The molecular formula is C18H20ClNO3. The average molecular weight is 334 g/mol. The number of hydrogen-bond donors (Lipinski definition) is 1. The zero-order valence-corrected chi connectivity index (χ0v) is 14.0. The molecule has 0 aliphatic carbocycles. The lowest BCUT2D eigenvalue weighted by Gasteiger charge is -2.15. The van der Waals surface area contributed by atoms with Gasteiger partial charge >= 0.3 is 0 Å². The van der Waals surface area contributed by atoms with Gasteiger partial charge in [-0.2, -0.15) is 0 Å². The van der Waals surface area contributed by atoms with E-state index in [0.717, 1.165) is 17.7 Å². The van der Waals surface area contributed by atoms with Crippen molar-refractivity contribution in [3.63, 3.8) is 0 Å². The first-order valence-corrected chi connectivity index (χ1v) is 7.79. The van der Waals surface area contributed by atoms with Crippen LogP contribution in [0.5, 0.6) is 11.5 Å². The van der Waals surface area contributed by atoms with Crippen LogP contribution in [-0.4, -0.2) is 25.7 Å². The molecule has 0 radical (unpaired) electrons. The summed E-state index contributed by atoms with van der Waals surface area (Å²) in [4.78, 5) is 12.0. The number of nitrogens with one attached hydrogen (secondary N) is 1. The minimum Gasteiger partial charge on any atom is -0.497 e. The third-order valence-corrected chi connectivity index (χ3v) is 3.62. The van der Waals surface area contributed by atoms with Crippen molar-refractivity contribution in [3.8, 4) is 11.5 Å². The summed E-state index contributed by atoms with van der Waals surface area (Å²) in [5.74, 6) is 1.23. The number of carbonyl (C=O) groups is 1. The number of methoxy groups -OCH3 is 1. The van der Waals surface area contributed by atoms with Crippen molar-refractivity contribution < 1.29 is 14.3 Å². The van der Waals surface area contributed by atoms with Crippen LogP contribution in [0.1, 0.15) is 12.5 Å². The third-order valence-electron chi connectivity index (χ3n) is 3.37. The van der Waals surface area contributed by atoms with Crippen LogP contribution >= 0.6 is 11.6 Å². The molecule has 0 saturated heterocycles. The van der Waals surface area contributed by atoms with Gasteiger partial charge in [-0.15, -0.1) is 0 Å². The molecular weight excluding hydrogens is 314 g/mol. The smallest absolute Gasteiger partial charge is 0.260 e. The maximum Gasteiger partial charge on any atom is 0.260 e. The van der Waals surface area contributed by atoms with E-state index in [-0.39, 0.29) is 5.91 Å². The molecule has 1 atom stereocenters. The van der Waals surface area contributed by atoms with Crippen LogP contribution in [0.15, 0.2) is 48.5 Å². The van der Waals surface area contributed by atoms with Gasteiger partial charge in [-0.25, -0.2) is 0 Å². The predicted octanol–water partition coefficient (Wildman–Crippen LogP) is 3.47. The quantitative estimate of drug-likeness (QED) is 0.844. The first kappa shape index (κ1) is 17.2. The van der Waals surface area contributed by atoms with Crippen molar-refractivity contribution >= 4 is 17.5 Å². The summed E-state index contributed by atoms with van der Waals surface area (Å²) < 4.78 is 10.7. The monoisotopic (exact) mass is 333 g/mol. The van der Waals surface area contributed by atoms with Crippen LogP contribution in [0.4, 0.5) is 0 Å². The van der Waals surface area contributed by atoms with Crippen LogP contribution in [0.3, 0.4) is 0 Å². The van der Waals surface area contributed by atoms with E-state index in [0.29, 0.717) is 17.3 Å². The molecule has 0 bridgehead atoms. The van der Waals surface area contributed by atoms with Gasteiger partial charge in [0, 0.05) is 11.6 Å². The molecule has 2 rings (SSSR count). The summed E-state index contributed by atoms with van der Waals surface area (Å²) >= 11 is 5.84. The Morgan fingerprint density at radius 2 is 1.70 bits per heavy atom. The van der Waals surface area contributed by atoms with Crippen LogP contribution < -0.4 is 14.8 Å². The second-order valence-electron chi connectivity index (χ2n) is 5.10. The van der Waals surface area contributed by atoms with Crippen molar-refractivity contribution in [1.82, 2.24) is 5.32 Å². The van der Waals surface area contributed by atoms with Crippen molar-refractivity contribution in [2.45, 2.75) is 19.4 Å². The Kier molecular flexibility index (Phi) is 6.29.